The third kappa shape index (κ3) is 29.4. The molecule has 0 spiro atoms. The van der Waals surface area contributed by atoms with Crippen molar-refractivity contribution >= 4 is 24.3 Å². The number of aryl methyl sites for hydroxylation is 1. The Labute approximate surface area is 248 Å². The number of hydrogen-bond donors (Lipinski definition) is 2. The van der Waals surface area contributed by atoms with Gasteiger partial charge in [-0.2, -0.15) is 0 Å². The van der Waals surface area contributed by atoms with Crippen molar-refractivity contribution < 1.29 is 52.6 Å². The van der Waals surface area contributed by atoms with Crippen LogP contribution in [0.1, 0.15) is 18.5 Å². The Morgan fingerprint density at radius 3 is 1.41 bits per heavy atom. The van der Waals surface area contributed by atoms with Crippen LogP contribution in [0.4, 0.5) is 0 Å². The Bertz CT molecular complexity index is 720. The zero-order valence-electron chi connectivity index (χ0n) is 23.8. The maximum absolute atomic E-state index is 11.8. The molecule has 14 heteroatoms. The number of nitrogens with one attached hydrogen (secondary N) is 1. The van der Waals surface area contributed by atoms with Gasteiger partial charge in [-0.25, -0.2) is 0 Å². The van der Waals surface area contributed by atoms with Crippen LogP contribution in [0.15, 0.2) is 24.4 Å². The molecule has 238 valence electrons. The SMILES string of the molecule is Cl.O=C(O)CCOCCOCCOCCOCCOCCOCCOCCOCCNC(=O)CCc1ccccn1. The fourth-order valence-corrected chi connectivity index (χ4v) is 2.94. The molecule has 0 aliphatic heterocycles. The zero-order valence-corrected chi connectivity index (χ0v) is 24.7. The summed E-state index contributed by atoms with van der Waals surface area (Å²) in [6, 6.07) is 5.67. The number of carboxylic acids is 1. The third-order valence-electron chi connectivity index (χ3n) is 4.97. The van der Waals surface area contributed by atoms with E-state index in [4.69, 9.17) is 43.0 Å². The van der Waals surface area contributed by atoms with Gasteiger partial charge in [0.25, 0.3) is 0 Å². The van der Waals surface area contributed by atoms with Crippen LogP contribution in [0, 0.1) is 0 Å². The van der Waals surface area contributed by atoms with Gasteiger partial charge in [0.05, 0.1) is 112 Å². The van der Waals surface area contributed by atoms with Crippen molar-refractivity contribution in [3.05, 3.63) is 30.1 Å². The number of aliphatic carboxylic acids is 1. The van der Waals surface area contributed by atoms with Gasteiger partial charge in [0.2, 0.25) is 5.91 Å². The Kier molecular flexibility index (Phi) is 29.5. The van der Waals surface area contributed by atoms with E-state index in [1.807, 2.05) is 18.2 Å². The maximum atomic E-state index is 11.8. The standard InChI is InChI=1S/C27H46N2O11.ClH/c30-26(5-4-25-3-1-2-7-28-25)29-8-10-34-12-14-36-16-18-38-20-22-40-24-23-39-21-19-37-17-15-35-13-11-33-9-6-27(31)32;/h1-3,7H,4-6,8-24H2,(H,29,30)(H,31,32);1H. The lowest BCUT2D eigenvalue weighted by molar-refractivity contribution is -0.138. The van der Waals surface area contributed by atoms with Gasteiger partial charge >= 0.3 is 5.97 Å². The van der Waals surface area contributed by atoms with Crippen molar-refractivity contribution in [2.24, 2.45) is 0 Å². The van der Waals surface area contributed by atoms with E-state index in [9.17, 15) is 9.59 Å². The summed E-state index contributed by atoms with van der Waals surface area (Å²) >= 11 is 0. The van der Waals surface area contributed by atoms with Crippen LogP contribution >= 0.6 is 12.4 Å². The fraction of sp³-hybridized carbons (Fsp3) is 0.741. The highest BCUT2D eigenvalue weighted by Gasteiger charge is 2.02. The van der Waals surface area contributed by atoms with E-state index in [0.717, 1.165) is 5.69 Å². The lowest BCUT2D eigenvalue weighted by Crippen LogP contribution is -2.27. The second kappa shape index (κ2) is 31.0. The summed E-state index contributed by atoms with van der Waals surface area (Å²) in [7, 11) is 0. The molecule has 1 aromatic heterocycles. The zero-order chi connectivity index (χ0) is 28.8. The van der Waals surface area contributed by atoms with Gasteiger partial charge in [-0.1, -0.05) is 6.07 Å². The number of rotatable bonds is 30. The predicted octanol–water partition coefficient (Wildman–Crippen LogP) is 1.16. The molecule has 0 aliphatic rings. The number of aromatic nitrogens is 1. The first kappa shape index (κ1) is 39.1. The van der Waals surface area contributed by atoms with E-state index in [2.05, 4.69) is 10.3 Å². The van der Waals surface area contributed by atoms with E-state index in [0.29, 0.717) is 118 Å². The Morgan fingerprint density at radius 2 is 1.02 bits per heavy atom. The molecule has 1 aromatic rings. The smallest absolute Gasteiger partial charge is 0.305 e. The topological polar surface area (TPSA) is 153 Å². The summed E-state index contributed by atoms with van der Waals surface area (Å²) in [6.45, 7) is 7.50. The Hall–Kier alpha value is -1.94. The number of ether oxygens (including phenoxy) is 8. The number of pyridine rings is 1. The minimum atomic E-state index is -0.876. The van der Waals surface area contributed by atoms with Crippen LogP contribution < -0.4 is 5.32 Å². The van der Waals surface area contributed by atoms with Crippen molar-refractivity contribution in [3.63, 3.8) is 0 Å². The predicted molar refractivity (Wildman–Crippen MR) is 152 cm³/mol. The second-order valence-electron chi connectivity index (χ2n) is 8.21. The highest BCUT2D eigenvalue weighted by molar-refractivity contribution is 5.85. The molecule has 0 saturated heterocycles. The van der Waals surface area contributed by atoms with E-state index >= 15 is 0 Å². The van der Waals surface area contributed by atoms with Crippen LogP contribution in [0.25, 0.3) is 0 Å². The Balaban J connectivity index is 0.0000160. The molecule has 0 atom stereocenters. The van der Waals surface area contributed by atoms with Crippen molar-refractivity contribution in [2.45, 2.75) is 19.3 Å². The third-order valence-corrected chi connectivity index (χ3v) is 4.97. The van der Waals surface area contributed by atoms with E-state index in [-0.39, 0.29) is 31.3 Å². The molecule has 0 aromatic carbocycles. The molecule has 0 unspecified atom stereocenters. The highest BCUT2D eigenvalue weighted by Crippen LogP contribution is 1.97. The lowest BCUT2D eigenvalue weighted by Gasteiger charge is -2.09. The number of carbonyl (C=O) groups is 2. The van der Waals surface area contributed by atoms with Gasteiger partial charge in [-0.3, -0.25) is 14.6 Å². The normalized spacial score (nSPS) is 10.8. The molecule has 1 heterocycles. The molecule has 0 aliphatic carbocycles. The average Bonchev–Trinajstić information content (AvgIpc) is 2.96. The number of carboxylic acid groups (broad SMARTS) is 1. The molecule has 0 bridgehead atoms. The first-order valence-electron chi connectivity index (χ1n) is 13.7. The van der Waals surface area contributed by atoms with Gasteiger partial charge in [0.15, 0.2) is 0 Å². The van der Waals surface area contributed by atoms with Crippen molar-refractivity contribution in [2.75, 3.05) is 112 Å². The van der Waals surface area contributed by atoms with Gasteiger partial charge < -0.3 is 48.3 Å². The molecule has 1 amide bonds. The Morgan fingerprint density at radius 1 is 0.610 bits per heavy atom. The largest absolute Gasteiger partial charge is 0.481 e. The van der Waals surface area contributed by atoms with Gasteiger partial charge in [-0.15, -0.1) is 12.4 Å². The molecule has 0 saturated carbocycles. The maximum Gasteiger partial charge on any atom is 0.305 e. The number of halogens is 1. The fourth-order valence-electron chi connectivity index (χ4n) is 2.94. The molecule has 2 N–H and O–H groups in total. The summed E-state index contributed by atoms with van der Waals surface area (Å²) in [5.74, 6) is -0.890. The molecular weight excluding hydrogens is 564 g/mol. The van der Waals surface area contributed by atoms with Crippen molar-refractivity contribution in [3.8, 4) is 0 Å². The number of nitrogens with zero attached hydrogens (tertiary/aromatic N) is 1. The summed E-state index contributed by atoms with van der Waals surface area (Å²) in [5.41, 5.74) is 0.906. The van der Waals surface area contributed by atoms with E-state index in [1.165, 1.54) is 0 Å². The van der Waals surface area contributed by atoms with Gasteiger partial charge in [0, 0.05) is 24.9 Å². The second-order valence-corrected chi connectivity index (χ2v) is 8.21. The van der Waals surface area contributed by atoms with Crippen LogP contribution in [-0.4, -0.2) is 134 Å². The van der Waals surface area contributed by atoms with Crippen LogP contribution in [0.5, 0.6) is 0 Å². The highest BCUT2D eigenvalue weighted by atomic mass is 35.5. The number of amides is 1. The first-order valence-corrected chi connectivity index (χ1v) is 13.7. The van der Waals surface area contributed by atoms with E-state index < -0.39 is 5.97 Å². The summed E-state index contributed by atoms with van der Waals surface area (Å²) < 4.78 is 43.0. The molecule has 0 fully saturated rings. The van der Waals surface area contributed by atoms with Crippen molar-refractivity contribution in [1.29, 1.82) is 0 Å². The quantitative estimate of drug-likeness (QED) is 0.120. The average molecular weight is 611 g/mol. The number of carbonyl (C=O) groups excluding carboxylic acids is 1. The minimum absolute atomic E-state index is 0. The van der Waals surface area contributed by atoms with Crippen LogP contribution in [0.3, 0.4) is 0 Å². The first-order chi connectivity index (χ1) is 19.7. The molecule has 41 heavy (non-hydrogen) atoms. The summed E-state index contributed by atoms with van der Waals surface area (Å²) in [6.07, 6.45) is 2.75. The molecule has 13 nitrogen and oxygen atoms in total. The van der Waals surface area contributed by atoms with Crippen LogP contribution in [0.2, 0.25) is 0 Å². The van der Waals surface area contributed by atoms with Crippen molar-refractivity contribution in [1.82, 2.24) is 10.3 Å². The summed E-state index contributed by atoms with van der Waals surface area (Å²) in [4.78, 5) is 26.3. The molecule has 1 rings (SSSR count). The monoisotopic (exact) mass is 610 g/mol. The van der Waals surface area contributed by atoms with E-state index in [1.54, 1.807) is 6.20 Å². The summed E-state index contributed by atoms with van der Waals surface area (Å²) in [5, 5.41) is 11.3. The lowest BCUT2D eigenvalue weighted by atomic mass is 10.2. The van der Waals surface area contributed by atoms with Gasteiger partial charge in [-0.05, 0) is 18.6 Å². The molecule has 0 radical (unpaired) electrons. The van der Waals surface area contributed by atoms with Crippen LogP contribution in [-0.2, 0) is 53.9 Å². The van der Waals surface area contributed by atoms with Gasteiger partial charge in [0.1, 0.15) is 0 Å². The minimum Gasteiger partial charge on any atom is -0.481 e. The number of hydrogen-bond acceptors (Lipinski definition) is 11. The molecular formula is C27H47ClN2O11.